The van der Waals surface area contributed by atoms with Crippen LogP contribution in [0.2, 0.25) is 0 Å². The van der Waals surface area contributed by atoms with E-state index in [9.17, 15) is 0 Å². The molecule has 112 valence electrons. The maximum absolute atomic E-state index is 5.66. The Morgan fingerprint density at radius 3 is 2.75 bits per heavy atom. The number of nitrogens with one attached hydrogen (secondary N) is 1. The van der Waals surface area contributed by atoms with Gasteiger partial charge in [0.2, 0.25) is 0 Å². The molecule has 0 aliphatic carbocycles. The molecule has 1 aliphatic rings. The van der Waals surface area contributed by atoms with Gasteiger partial charge in [-0.15, -0.1) is 0 Å². The lowest BCUT2D eigenvalue weighted by Gasteiger charge is -2.34. The molecule has 0 radical (unpaired) electrons. The zero-order valence-corrected chi connectivity index (χ0v) is 13.1. The van der Waals surface area contributed by atoms with Crippen LogP contribution >= 0.6 is 0 Å². The highest BCUT2D eigenvalue weighted by Crippen LogP contribution is 2.17. The van der Waals surface area contributed by atoms with Crippen molar-refractivity contribution in [1.82, 2.24) is 10.2 Å². The highest BCUT2D eigenvalue weighted by Gasteiger charge is 2.25. The summed E-state index contributed by atoms with van der Waals surface area (Å²) < 4.78 is 5.66. The van der Waals surface area contributed by atoms with Crippen molar-refractivity contribution >= 4 is 0 Å². The number of nitrogens with zero attached hydrogens (tertiary/aromatic N) is 1. The molecule has 1 aliphatic heterocycles. The zero-order chi connectivity index (χ0) is 14.4. The van der Waals surface area contributed by atoms with Crippen molar-refractivity contribution in [2.24, 2.45) is 5.92 Å². The lowest BCUT2D eigenvalue weighted by Crippen LogP contribution is -2.47. The maximum Gasteiger partial charge on any atom is 0.0521 e. The summed E-state index contributed by atoms with van der Waals surface area (Å²) in [5, 5.41) is 3.60. The number of aryl methyl sites for hydroxylation is 1. The lowest BCUT2D eigenvalue weighted by molar-refractivity contribution is 0.0193. The van der Waals surface area contributed by atoms with Crippen LogP contribution in [0.4, 0.5) is 0 Å². The molecular weight excluding hydrogens is 248 g/mol. The van der Waals surface area contributed by atoms with Crippen molar-refractivity contribution < 1.29 is 4.74 Å². The summed E-state index contributed by atoms with van der Waals surface area (Å²) in [6.07, 6.45) is 1.14. The van der Waals surface area contributed by atoms with Crippen LogP contribution in [0.25, 0.3) is 0 Å². The van der Waals surface area contributed by atoms with Gasteiger partial charge in [0.15, 0.2) is 0 Å². The summed E-state index contributed by atoms with van der Waals surface area (Å²) in [4.78, 5) is 2.41. The highest BCUT2D eigenvalue weighted by molar-refractivity contribution is 5.21. The molecule has 0 spiro atoms. The smallest absolute Gasteiger partial charge is 0.0521 e. The topological polar surface area (TPSA) is 24.5 Å². The fourth-order valence-corrected chi connectivity index (χ4v) is 2.98. The third-order valence-corrected chi connectivity index (χ3v) is 4.06. The number of rotatable bonds is 6. The summed E-state index contributed by atoms with van der Waals surface area (Å²) in [5.41, 5.74) is 2.71. The average molecular weight is 276 g/mol. The largest absolute Gasteiger partial charge is 0.381 e. The molecule has 0 bridgehead atoms. The van der Waals surface area contributed by atoms with E-state index in [4.69, 9.17) is 4.74 Å². The molecule has 2 atom stereocenters. The molecule has 0 saturated carbocycles. The van der Waals surface area contributed by atoms with Crippen LogP contribution in [0, 0.1) is 12.8 Å². The number of ether oxygens (including phenoxy) is 1. The van der Waals surface area contributed by atoms with E-state index in [1.165, 1.54) is 11.1 Å². The normalized spacial score (nSPS) is 23.2. The second-order valence-electron chi connectivity index (χ2n) is 5.97. The third-order valence-electron chi connectivity index (χ3n) is 4.06. The molecule has 1 aromatic rings. The third kappa shape index (κ3) is 4.58. The second-order valence-corrected chi connectivity index (χ2v) is 5.97. The van der Waals surface area contributed by atoms with Gasteiger partial charge in [-0.2, -0.15) is 0 Å². The molecule has 1 heterocycles. The minimum Gasteiger partial charge on any atom is -0.381 e. The van der Waals surface area contributed by atoms with Gasteiger partial charge in [-0.05, 0) is 32.5 Å². The monoisotopic (exact) mass is 276 g/mol. The lowest BCUT2D eigenvalue weighted by atomic mass is 9.95. The summed E-state index contributed by atoms with van der Waals surface area (Å²) in [5.74, 6) is 0.596. The van der Waals surface area contributed by atoms with Gasteiger partial charge in [0, 0.05) is 31.7 Å². The Balaban J connectivity index is 1.85. The molecule has 0 amide bonds. The van der Waals surface area contributed by atoms with E-state index in [0.717, 1.165) is 39.3 Å². The van der Waals surface area contributed by atoms with Crippen LogP contribution in [-0.4, -0.2) is 44.3 Å². The van der Waals surface area contributed by atoms with Crippen molar-refractivity contribution in [1.29, 1.82) is 0 Å². The summed E-state index contributed by atoms with van der Waals surface area (Å²) in [6.45, 7) is 9.24. The fourth-order valence-electron chi connectivity index (χ4n) is 2.98. The van der Waals surface area contributed by atoms with Crippen molar-refractivity contribution in [3.05, 3.63) is 35.4 Å². The molecule has 1 aromatic carbocycles. The van der Waals surface area contributed by atoms with E-state index >= 15 is 0 Å². The molecule has 20 heavy (non-hydrogen) atoms. The SMILES string of the molecule is CCNC1CCOCC1CN(C)Cc1ccc(C)cc1. The van der Waals surface area contributed by atoms with Gasteiger partial charge in [0.25, 0.3) is 0 Å². The van der Waals surface area contributed by atoms with Crippen LogP contribution in [0.3, 0.4) is 0 Å². The summed E-state index contributed by atoms with van der Waals surface area (Å²) >= 11 is 0. The summed E-state index contributed by atoms with van der Waals surface area (Å²) in [6, 6.07) is 9.44. The Morgan fingerprint density at radius 2 is 2.05 bits per heavy atom. The van der Waals surface area contributed by atoms with Crippen LogP contribution in [0.1, 0.15) is 24.5 Å². The van der Waals surface area contributed by atoms with Crippen LogP contribution in [-0.2, 0) is 11.3 Å². The van der Waals surface area contributed by atoms with Crippen LogP contribution < -0.4 is 5.32 Å². The summed E-state index contributed by atoms with van der Waals surface area (Å²) in [7, 11) is 2.21. The first-order chi connectivity index (χ1) is 9.69. The fraction of sp³-hybridized carbons (Fsp3) is 0.647. The van der Waals surface area contributed by atoms with Crippen LogP contribution in [0.15, 0.2) is 24.3 Å². The van der Waals surface area contributed by atoms with E-state index in [0.29, 0.717) is 12.0 Å². The Kier molecular flexibility index (Phi) is 6.02. The molecule has 0 aromatic heterocycles. The molecule has 2 rings (SSSR count). The Labute approximate surface area is 123 Å². The highest BCUT2D eigenvalue weighted by atomic mass is 16.5. The van der Waals surface area contributed by atoms with Crippen molar-refractivity contribution in [2.75, 3.05) is 33.4 Å². The molecular formula is C17H28N2O. The first-order valence-electron chi connectivity index (χ1n) is 7.74. The quantitative estimate of drug-likeness (QED) is 0.864. The van der Waals surface area contributed by atoms with E-state index in [1.54, 1.807) is 0 Å². The van der Waals surface area contributed by atoms with Crippen molar-refractivity contribution in [3.63, 3.8) is 0 Å². The average Bonchev–Trinajstić information content (AvgIpc) is 2.44. The predicted octanol–water partition coefficient (Wildman–Crippen LogP) is 2.44. The van der Waals surface area contributed by atoms with Gasteiger partial charge in [-0.3, -0.25) is 0 Å². The van der Waals surface area contributed by atoms with E-state index < -0.39 is 0 Å². The number of hydrogen-bond acceptors (Lipinski definition) is 3. The van der Waals surface area contributed by atoms with Gasteiger partial charge in [-0.25, -0.2) is 0 Å². The van der Waals surface area contributed by atoms with Crippen LogP contribution in [0.5, 0.6) is 0 Å². The van der Waals surface area contributed by atoms with Gasteiger partial charge < -0.3 is 15.0 Å². The Hall–Kier alpha value is -0.900. The molecule has 1 N–H and O–H groups in total. The standard InChI is InChI=1S/C17H28N2O/c1-4-18-17-9-10-20-13-16(17)12-19(3)11-15-7-5-14(2)6-8-15/h5-8,16-18H,4,9-13H2,1-3H3. The molecule has 1 saturated heterocycles. The minimum atomic E-state index is 0.596. The molecule has 3 nitrogen and oxygen atoms in total. The zero-order valence-electron chi connectivity index (χ0n) is 13.1. The second kappa shape index (κ2) is 7.77. The Bertz CT molecular complexity index is 388. The van der Waals surface area contributed by atoms with Crippen molar-refractivity contribution in [2.45, 2.75) is 32.9 Å². The van der Waals surface area contributed by atoms with Gasteiger partial charge >= 0.3 is 0 Å². The number of hydrogen-bond donors (Lipinski definition) is 1. The minimum absolute atomic E-state index is 0.596. The van der Waals surface area contributed by atoms with Crippen molar-refractivity contribution in [3.8, 4) is 0 Å². The van der Waals surface area contributed by atoms with Gasteiger partial charge in [-0.1, -0.05) is 36.8 Å². The molecule has 1 fully saturated rings. The predicted molar refractivity (Wildman–Crippen MR) is 83.9 cm³/mol. The van der Waals surface area contributed by atoms with Gasteiger partial charge in [0.1, 0.15) is 0 Å². The first-order valence-corrected chi connectivity index (χ1v) is 7.74. The van der Waals surface area contributed by atoms with Gasteiger partial charge in [0.05, 0.1) is 6.61 Å². The first kappa shape index (κ1) is 15.5. The van der Waals surface area contributed by atoms with E-state index in [-0.39, 0.29) is 0 Å². The maximum atomic E-state index is 5.66. The molecule has 3 heteroatoms. The Morgan fingerprint density at radius 1 is 1.30 bits per heavy atom. The molecule has 2 unspecified atom stereocenters. The van der Waals surface area contributed by atoms with E-state index in [1.807, 2.05) is 0 Å². The number of benzene rings is 1. The van der Waals surface area contributed by atoms with E-state index in [2.05, 4.69) is 55.4 Å².